The van der Waals surface area contributed by atoms with Crippen LogP contribution in [0.25, 0.3) is 0 Å². The van der Waals surface area contributed by atoms with Crippen LogP contribution in [-0.4, -0.2) is 31.1 Å². The quantitative estimate of drug-likeness (QED) is 0.772. The van der Waals surface area contributed by atoms with Crippen molar-refractivity contribution >= 4 is 0 Å². The lowest BCUT2D eigenvalue weighted by atomic mass is 9.89. The van der Waals surface area contributed by atoms with E-state index in [-0.39, 0.29) is 0 Å². The monoisotopic (exact) mass is 216 g/mol. The van der Waals surface area contributed by atoms with Gasteiger partial charge in [0.2, 0.25) is 0 Å². The number of likely N-dealkylation sites (tertiary alicyclic amines) is 1. The first-order valence-corrected chi connectivity index (χ1v) is 6.38. The van der Waals surface area contributed by atoms with Gasteiger partial charge < -0.3 is 10.2 Å². The van der Waals surface area contributed by atoms with Gasteiger partial charge in [-0.25, -0.2) is 0 Å². The average molecular weight is 216 g/mol. The molecule has 1 aromatic rings. The predicted octanol–water partition coefficient (Wildman–Crippen LogP) is 1.97. The molecule has 86 valence electrons. The third-order valence-corrected chi connectivity index (χ3v) is 4.11. The van der Waals surface area contributed by atoms with Gasteiger partial charge in [-0.3, -0.25) is 0 Å². The van der Waals surface area contributed by atoms with Gasteiger partial charge >= 0.3 is 0 Å². The zero-order valence-corrected chi connectivity index (χ0v) is 9.95. The number of benzene rings is 1. The summed E-state index contributed by atoms with van der Waals surface area (Å²) in [4.78, 5) is 2.51. The largest absolute Gasteiger partial charge is 0.308 e. The zero-order chi connectivity index (χ0) is 11.0. The molecule has 0 aliphatic carbocycles. The summed E-state index contributed by atoms with van der Waals surface area (Å²) in [5.74, 6) is 0. The molecule has 2 atom stereocenters. The van der Waals surface area contributed by atoms with Crippen molar-refractivity contribution in [2.24, 2.45) is 0 Å². The molecule has 2 aliphatic heterocycles. The van der Waals surface area contributed by atoms with Crippen LogP contribution in [0.3, 0.4) is 0 Å². The van der Waals surface area contributed by atoms with Gasteiger partial charge in [-0.2, -0.15) is 0 Å². The predicted molar refractivity (Wildman–Crippen MR) is 66.5 cm³/mol. The molecule has 1 aromatic carbocycles. The zero-order valence-electron chi connectivity index (χ0n) is 9.95. The molecular weight excluding hydrogens is 196 g/mol. The topological polar surface area (TPSA) is 15.3 Å². The maximum absolute atomic E-state index is 3.71. The Labute approximate surface area is 97.6 Å². The molecule has 2 heterocycles. The van der Waals surface area contributed by atoms with Crippen molar-refractivity contribution in [3.8, 4) is 0 Å². The molecule has 0 aromatic heterocycles. The molecule has 2 unspecified atom stereocenters. The van der Waals surface area contributed by atoms with E-state index < -0.39 is 0 Å². The molecule has 0 bridgehead atoms. The van der Waals surface area contributed by atoms with Crippen molar-refractivity contribution in [2.45, 2.75) is 31.3 Å². The fourth-order valence-corrected chi connectivity index (χ4v) is 3.24. The highest BCUT2D eigenvalue weighted by Gasteiger charge is 2.32. The normalized spacial score (nSPS) is 30.3. The highest BCUT2D eigenvalue weighted by atomic mass is 15.2. The van der Waals surface area contributed by atoms with Gasteiger partial charge in [0.25, 0.3) is 0 Å². The highest BCUT2D eigenvalue weighted by molar-refractivity contribution is 5.33. The van der Waals surface area contributed by atoms with Gasteiger partial charge in [-0.05, 0) is 50.5 Å². The van der Waals surface area contributed by atoms with Crippen LogP contribution in [0, 0.1) is 0 Å². The van der Waals surface area contributed by atoms with Crippen LogP contribution >= 0.6 is 0 Å². The molecule has 1 saturated heterocycles. The molecule has 0 radical (unpaired) electrons. The lowest BCUT2D eigenvalue weighted by Crippen LogP contribution is -2.42. The van der Waals surface area contributed by atoms with E-state index in [1.165, 1.54) is 31.4 Å². The van der Waals surface area contributed by atoms with E-state index in [4.69, 9.17) is 0 Å². The third-order valence-electron chi connectivity index (χ3n) is 4.11. The van der Waals surface area contributed by atoms with E-state index >= 15 is 0 Å². The Morgan fingerprint density at radius 2 is 2.19 bits per heavy atom. The van der Waals surface area contributed by atoms with E-state index in [9.17, 15) is 0 Å². The van der Waals surface area contributed by atoms with Gasteiger partial charge in [-0.15, -0.1) is 0 Å². The number of rotatable bonds is 1. The number of hydrogen-bond acceptors (Lipinski definition) is 2. The van der Waals surface area contributed by atoms with E-state index in [1.807, 2.05) is 0 Å². The number of likely N-dealkylation sites (N-methyl/N-ethyl adjacent to an activating group) is 1. The summed E-state index contributed by atoms with van der Waals surface area (Å²) in [7, 11) is 2.26. The molecule has 0 spiro atoms. The van der Waals surface area contributed by atoms with Gasteiger partial charge in [0.15, 0.2) is 0 Å². The van der Waals surface area contributed by atoms with Crippen LogP contribution in [0.4, 0.5) is 0 Å². The molecule has 2 nitrogen and oxygen atoms in total. The molecule has 0 saturated carbocycles. The van der Waals surface area contributed by atoms with Crippen LogP contribution in [0.1, 0.15) is 30.0 Å². The maximum Gasteiger partial charge on any atom is 0.0480 e. The number of nitrogens with one attached hydrogen (secondary N) is 1. The molecule has 0 amide bonds. The standard InChI is InChI=1S/C14H20N2/c1-16-10-4-7-13(16)14-12-6-3-2-5-11(12)8-9-15-14/h2-3,5-6,13-15H,4,7-10H2,1H3. The van der Waals surface area contributed by atoms with Crippen LogP contribution < -0.4 is 5.32 Å². The third kappa shape index (κ3) is 1.66. The molecule has 1 N–H and O–H groups in total. The minimum atomic E-state index is 0.553. The van der Waals surface area contributed by atoms with Crippen LogP contribution in [-0.2, 0) is 6.42 Å². The smallest absolute Gasteiger partial charge is 0.0480 e. The summed E-state index contributed by atoms with van der Waals surface area (Å²) < 4.78 is 0. The van der Waals surface area contributed by atoms with E-state index in [2.05, 4.69) is 41.5 Å². The molecule has 3 rings (SSSR count). The Hall–Kier alpha value is -0.860. The second-order valence-corrected chi connectivity index (χ2v) is 5.07. The first kappa shape index (κ1) is 10.3. The molecular formula is C14H20N2. The highest BCUT2D eigenvalue weighted by Crippen LogP contribution is 2.32. The van der Waals surface area contributed by atoms with Crippen LogP contribution in [0.15, 0.2) is 24.3 Å². The maximum atomic E-state index is 3.71. The van der Waals surface area contributed by atoms with Crippen molar-refractivity contribution < 1.29 is 0 Å². The number of hydrogen-bond donors (Lipinski definition) is 1. The second-order valence-electron chi connectivity index (χ2n) is 5.07. The molecule has 2 aliphatic rings. The van der Waals surface area contributed by atoms with Crippen molar-refractivity contribution in [3.63, 3.8) is 0 Å². The van der Waals surface area contributed by atoms with Gasteiger partial charge in [0.05, 0.1) is 0 Å². The number of fused-ring (bicyclic) bond motifs is 1. The van der Waals surface area contributed by atoms with Gasteiger partial charge in [-0.1, -0.05) is 24.3 Å². The summed E-state index contributed by atoms with van der Waals surface area (Å²) in [5.41, 5.74) is 3.08. The Morgan fingerprint density at radius 1 is 1.31 bits per heavy atom. The fourth-order valence-electron chi connectivity index (χ4n) is 3.24. The molecule has 16 heavy (non-hydrogen) atoms. The number of nitrogens with zero attached hydrogens (tertiary/aromatic N) is 1. The average Bonchev–Trinajstić information content (AvgIpc) is 2.75. The van der Waals surface area contributed by atoms with E-state index in [0.717, 1.165) is 6.54 Å². The molecule has 1 fully saturated rings. The van der Waals surface area contributed by atoms with Gasteiger partial charge in [0, 0.05) is 12.1 Å². The fraction of sp³-hybridized carbons (Fsp3) is 0.571. The first-order chi connectivity index (χ1) is 7.86. The summed E-state index contributed by atoms with van der Waals surface area (Å²) in [6.45, 7) is 2.39. The Kier molecular flexibility index (Phi) is 2.70. The summed E-state index contributed by atoms with van der Waals surface area (Å²) in [5, 5.41) is 3.71. The van der Waals surface area contributed by atoms with E-state index in [0.29, 0.717) is 12.1 Å². The Bertz CT molecular complexity index is 375. The minimum Gasteiger partial charge on any atom is -0.308 e. The van der Waals surface area contributed by atoms with Crippen LogP contribution in [0.2, 0.25) is 0 Å². The van der Waals surface area contributed by atoms with Crippen molar-refractivity contribution in [2.75, 3.05) is 20.1 Å². The van der Waals surface area contributed by atoms with E-state index in [1.54, 1.807) is 5.56 Å². The Morgan fingerprint density at radius 3 is 3.00 bits per heavy atom. The summed E-state index contributed by atoms with van der Waals surface area (Å²) in [6, 6.07) is 10.2. The summed E-state index contributed by atoms with van der Waals surface area (Å²) in [6.07, 6.45) is 3.87. The van der Waals surface area contributed by atoms with Crippen LogP contribution in [0.5, 0.6) is 0 Å². The lowest BCUT2D eigenvalue weighted by Gasteiger charge is -2.34. The van der Waals surface area contributed by atoms with Crippen molar-refractivity contribution in [3.05, 3.63) is 35.4 Å². The van der Waals surface area contributed by atoms with Gasteiger partial charge in [0.1, 0.15) is 0 Å². The molecule has 2 heteroatoms. The van der Waals surface area contributed by atoms with Crippen molar-refractivity contribution in [1.29, 1.82) is 0 Å². The second kappa shape index (κ2) is 4.19. The SMILES string of the molecule is CN1CCCC1C1NCCc2ccccc21. The van der Waals surface area contributed by atoms with Crippen molar-refractivity contribution in [1.82, 2.24) is 10.2 Å². The lowest BCUT2D eigenvalue weighted by molar-refractivity contribution is 0.241. The first-order valence-electron chi connectivity index (χ1n) is 6.38. The minimum absolute atomic E-state index is 0.553. The Balaban J connectivity index is 1.92. The summed E-state index contributed by atoms with van der Waals surface area (Å²) >= 11 is 0.